The van der Waals surface area contributed by atoms with E-state index in [1.54, 1.807) is 6.26 Å². The Morgan fingerprint density at radius 1 is 1.31 bits per heavy atom. The summed E-state index contributed by atoms with van der Waals surface area (Å²) in [7, 11) is 0. The highest BCUT2D eigenvalue weighted by atomic mass is 127. The Morgan fingerprint density at radius 2 is 2.19 bits per heavy atom. The van der Waals surface area contributed by atoms with E-state index in [2.05, 4.69) is 22.6 Å². The van der Waals surface area contributed by atoms with E-state index in [4.69, 9.17) is 14.9 Å². The predicted molar refractivity (Wildman–Crippen MR) is 70.1 cm³/mol. The Bertz CT molecular complexity index is 468. The number of hydrogen-bond donors (Lipinski definition) is 1. The molecule has 0 spiro atoms. The summed E-state index contributed by atoms with van der Waals surface area (Å²) in [5, 5.41) is 0. The lowest BCUT2D eigenvalue weighted by molar-refractivity contribution is 0.270. The van der Waals surface area contributed by atoms with Gasteiger partial charge in [-0.25, -0.2) is 0 Å². The first-order valence-electron chi connectivity index (χ1n) is 4.92. The van der Waals surface area contributed by atoms with E-state index in [0.29, 0.717) is 13.2 Å². The van der Waals surface area contributed by atoms with Crippen LogP contribution in [0, 0.1) is 3.57 Å². The standard InChI is InChI=1S/C12H12INO2/c13-10-2-1-3-11(5-10)16-8-12-4-9(6-14)7-15-12/h1-5,7H,6,8,14H2. The third-order valence-electron chi connectivity index (χ3n) is 2.12. The average Bonchev–Trinajstić information content (AvgIpc) is 2.74. The van der Waals surface area contributed by atoms with E-state index >= 15 is 0 Å². The molecular weight excluding hydrogens is 317 g/mol. The van der Waals surface area contributed by atoms with Gasteiger partial charge in [0.05, 0.1) is 6.26 Å². The topological polar surface area (TPSA) is 48.4 Å². The van der Waals surface area contributed by atoms with Crippen LogP contribution in [0.15, 0.2) is 41.0 Å². The summed E-state index contributed by atoms with van der Waals surface area (Å²) in [5.41, 5.74) is 6.48. The first-order valence-corrected chi connectivity index (χ1v) is 6.00. The molecule has 0 saturated heterocycles. The van der Waals surface area contributed by atoms with E-state index in [1.807, 2.05) is 30.3 Å². The van der Waals surface area contributed by atoms with Crippen molar-refractivity contribution in [3.63, 3.8) is 0 Å². The normalized spacial score (nSPS) is 10.4. The van der Waals surface area contributed by atoms with Crippen LogP contribution in [-0.2, 0) is 13.2 Å². The number of rotatable bonds is 4. The van der Waals surface area contributed by atoms with Crippen LogP contribution in [0.1, 0.15) is 11.3 Å². The van der Waals surface area contributed by atoms with Crippen molar-refractivity contribution in [3.05, 3.63) is 51.5 Å². The van der Waals surface area contributed by atoms with Gasteiger partial charge in [0.2, 0.25) is 0 Å². The highest BCUT2D eigenvalue weighted by Gasteiger charge is 2.01. The summed E-state index contributed by atoms with van der Waals surface area (Å²) in [6.45, 7) is 0.923. The highest BCUT2D eigenvalue weighted by molar-refractivity contribution is 14.1. The molecule has 0 saturated carbocycles. The zero-order valence-corrected chi connectivity index (χ0v) is 10.8. The Hall–Kier alpha value is -1.01. The van der Waals surface area contributed by atoms with Crippen molar-refractivity contribution in [2.75, 3.05) is 0 Å². The molecule has 1 heterocycles. The van der Waals surface area contributed by atoms with Gasteiger partial charge >= 0.3 is 0 Å². The third-order valence-corrected chi connectivity index (χ3v) is 2.79. The SMILES string of the molecule is NCc1coc(COc2cccc(I)c2)c1. The molecule has 0 aliphatic carbocycles. The van der Waals surface area contributed by atoms with Crippen LogP contribution in [0.25, 0.3) is 0 Å². The van der Waals surface area contributed by atoms with E-state index in [-0.39, 0.29) is 0 Å². The van der Waals surface area contributed by atoms with Crippen molar-refractivity contribution >= 4 is 22.6 Å². The van der Waals surface area contributed by atoms with Crippen molar-refractivity contribution in [3.8, 4) is 5.75 Å². The fourth-order valence-electron chi connectivity index (χ4n) is 1.32. The first-order chi connectivity index (χ1) is 7.78. The van der Waals surface area contributed by atoms with E-state index in [1.165, 1.54) is 0 Å². The number of ether oxygens (including phenoxy) is 1. The number of hydrogen-bond acceptors (Lipinski definition) is 3. The van der Waals surface area contributed by atoms with Crippen LogP contribution in [0.4, 0.5) is 0 Å². The molecule has 0 bridgehead atoms. The molecule has 1 aromatic carbocycles. The molecule has 2 aromatic rings. The van der Waals surface area contributed by atoms with E-state index in [0.717, 1.165) is 20.6 Å². The molecule has 4 heteroatoms. The van der Waals surface area contributed by atoms with Crippen molar-refractivity contribution in [2.24, 2.45) is 5.73 Å². The lowest BCUT2D eigenvalue weighted by Crippen LogP contribution is -1.95. The van der Waals surface area contributed by atoms with Crippen LogP contribution in [0.3, 0.4) is 0 Å². The maximum atomic E-state index is 5.59. The van der Waals surface area contributed by atoms with Crippen LogP contribution < -0.4 is 10.5 Å². The molecule has 0 radical (unpaired) electrons. The van der Waals surface area contributed by atoms with Crippen molar-refractivity contribution in [2.45, 2.75) is 13.2 Å². The molecule has 84 valence electrons. The molecule has 1 aromatic heterocycles. The van der Waals surface area contributed by atoms with Gasteiger partial charge in [-0.2, -0.15) is 0 Å². The monoisotopic (exact) mass is 329 g/mol. The summed E-state index contributed by atoms with van der Waals surface area (Å²) in [6.07, 6.45) is 1.66. The summed E-state index contributed by atoms with van der Waals surface area (Å²) in [5.74, 6) is 1.64. The fraction of sp³-hybridized carbons (Fsp3) is 0.167. The van der Waals surface area contributed by atoms with Gasteiger partial charge in [-0.15, -0.1) is 0 Å². The summed E-state index contributed by atoms with van der Waals surface area (Å²) >= 11 is 2.25. The van der Waals surface area contributed by atoms with Gasteiger partial charge < -0.3 is 14.9 Å². The predicted octanol–water partition coefficient (Wildman–Crippen LogP) is 2.92. The van der Waals surface area contributed by atoms with Gasteiger partial charge in [0.15, 0.2) is 0 Å². The van der Waals surface area contributed by atoms with Crippen LogP contribution in [0.2, 0.25) is 0 Å². The molecular formula is C12H12INO2. The Morgan fingerprint density at radius 3 is 2.88 bits per heavy atom. The van der Waals surface area contributed by atoms with Gasteiger partial charge in [0, 0.05) is 15.7 Å². The molecule has 0 amide bonds. The van der Waals surface area contributed by atoms with E-state index < -0.39 is 0 Å². The van der Waals surface area contributed by atoms with Crippen LogP contribution in [0.5, 0.6) is 5.75 Å². The molecule has 2 rings (SSSR count). The van der Waals surface area contributed by atoms with Gasteiger partial charge in [-0.3, -0.25) is 0 Å². The number of halogens is 1. The molecule has 16 heavy (non-hydrogen) atoms. The van der Waals surface area contributed by atoms with Gasteiger partial charge in [-0.1, -0.05) is 6.07 Å². The van der Waals surface area contributed by atoms with Crippen LogP contribution >= 0.6 is 22.6 Å². The second-order valence-electron chi connectivity index (χ2n) is 3.37. The second-order valence-corrected chi connectivity index (χ2v) is 4.62. The summed E-state index contributed by atoms with van der Waals surface area (Å²) in [4.78, 5) is 0. The summed E-state index contributed by atoms with van der Waals surface area (Å²) < 4.78 is 12.0. The maximum Gasteiger partial charge on any atom is 0.146 e. The molecule has 2 N–H and O–H groups in total. The number of benzene rings is 1. The fourth-order valence-corrected chi connectivity index (χ4v) is 1.83. The summed E-state index contributed by atoms with van der Waals surface area (Å²) in [6, 6.07) is 9.80. The molecule has 0 atom stereocenters. The minimum absolute atomic E-state index is 0.431. The van der Waals surface area contributed by atoms with Gasteiger partial charge in [-0.05, 0) is 46.9 Å². The maximum absolute atomic E-state index is 5.59. The largest absolute Gasteiger partial charge is 0.486 e. The molecule has 0 fully saturated rings. The Labute approximate surface area is 108 Å². The number of nitrogens with two attached hydrogens (primary N) is 1. The van der Waals surface area contributed by atoms with Crippen LogP contribution in [-0.4, -0.2) is 0 Å². The van der Waals surface area contributed by atoms with Crippen molar-refractivity contribution in [1.82, 2.24) is 0 Å². The molecule has 3 nitrogen and oxygen atoms in total. The Balaban J connectivity index is 1.96. The zero-order valence-electron chi connectivity index (χ0n) is 8.65. The van der Waals surface area contributed by atoms with Crippen molar-refractivity contribution in [1.29, 1.82) is 0 Å². The first kappa shape index (κ1) is 11.5. The molecule has 0 aliphatic heterocycles. The lowest BCUT2D eigenvalue weighted by Gasteiger charge is -2.03. The van der Waals surface area contributed by atoms with E-state index in [9.17, 15) is 0 Å². The second kappa shape index (κ2) is 5.36. The Kier molecular flexibility index (Phi) is 3.84. The minimum Gasteiger partial charge on any atom is -0.486 e. The number of furan rings is 1. The minimum atomic E-state index is 0.431. The molecule has 0 aliphatic rings. The van der Waals surface area contributed by atoms with Gasteiger partial charge in [0.25, 0.3) is 0 Å². The third kappa shape index (κ3) is 2.99. The van der Waals surface area contributed by atoms with Gasteiger partial charge in [0.1, 0.15) is 18.1 Å². The molecule has 0 unspecified atom stereocenters. The quantitative estimate of drug-likeness (QED) is 0.878. The highest BCUT2D eigenvalue weighted by Crippen LogP contribution is 2.17. The smallest absolute Gasteiger partial charge is 0.146 e. The van der Waals surface area contributed by atoms with Crippen molar-refractivity contribution < 1.29 is 9.15 Å². The zero-order chi connectivity index (χ0) is 11.4. The lowest BCUT2D eigenvalue weighted by atomic mass is 10.3. The average molecular weight is 329 g/mol.